The second-order valence-electron chi connectivity index (χ2n) is 9.02. The summed E-state index contributed by atoms with van der Waals surface area (Å²) in [5.74, 6) is -0.347. The second-order valence-corrected chi connectivity index (χ2v) is 9.43. The number of benzene rings is 1. The smallest absolute Gasteiger partial charge is 0.293 e. The molecule has 0 radical (unpaired) electrons. The van der Waals surface area contributed by atoms with Crippen molar-refractivity contribution in [2.75, 3.05) is 5.73 Å². The number of aromatic amines is 1. The molecule has 37 heavy (non-hydrogen) atoms. The number of halogens is 3. The molecule has 0 amide bonds. The van der Waals surface area contributed by atoms with E-state index in [0.717, 1.165) is 25.0 Å². The molecule has 12 heteroatoms. The number of aromatic nitrogens is 8. The van der Waals surface area contributed by atoms with Crippen molar-refractivity contribution in [2.45, 2.75) is 25.3 Å². The lowest BCUT2D eigenvalue weighted by atomic mass is 10.0. The van der Waals surface area contributed by atoms with Crippen LogP contribution in [0.5, 0.6) is 0 Å². The van der Waals surface area contributed by atoms with Gasteiger partial charge in [-0.3, -0.25) is 9.67 Å². The predicted molar refractivity (Wildman–Crippen MR) is 131 cm³/mol. The zero-order valence-electron chi connectivity index (χ0n) is 19.4. The van der Waals surface area contributed by atoms with Crippen LogP contribution in [0, 0.1) is 17.6 Å². The van der Waals surface area contributed by atoms with Crippen LogP contribution < -0.4 is 10.4 Å². The zero-order chi connectivity index (χ0) is 25.5. The van der Waals surface area contributed by atoms with Crippen molar-refractivity contribution >= 4 is 17.4 Å². The molecule has 9 nitrogen and oxygen atoms in total. The van der Waals surface area contributed by atoms with E-state index in [9.17, 15) is 4.39 Å². The lowest BCUT2D eigenvalue weighted by Crippen LogP contribution is -2.33. The predicted octanol–water partition coefficient (Wildman–Crippen LogP) is 4.31. The van der Waals surface area contributed by atoms with E-state index in [4.69, 9.17) is 22.3 Å². The van der Waals surface area contributed by atoms with Crippen LogP contribution in [0.2, 0.25) is 5.02 Å². The molecule has 1 aromatic carbocycles. The third-order valence-corrected chi connectivity index (χ3v) is 6.78. The highest BCUT2D eigenvalue weighted by molar-refractivity contribution is 6.31. The van der Waals surface area contributed by atoms with Crippen molar-refractivity contribution < 1.29 is 13.5 Å². The topological polar surface area (TPSA) is 115 Å². The van der Waals surface area contributed by atoms with Crippen LogP contribution in [0.4, 0.5) is 14.6 Å². The summed E-state index contributed by atoms with van der Waals surface area (Å²) in [5.41, 5.74) is 8.58. The molecular weight excluding hydrogens is 500 g/mol. The monoisotopic (exact) mass is 520 g/mol. The molecule has 1 aliphatic rings. The van der Waals surface area contributed by atoms with Crippen molar-refractivity contribution in [1.29, 1.82) is 0 Å². The zero-order valence-corrected chi connectivity index (χ0v) is 20.1. The highest BCUT2D eigenvalue weighted by Crippen LogP contribution is 2.40. The lowest BCUT2D eigenvalue weighted by Gasteiger charge is -2.18. The van der Waals surface area contributed by atoms with Gasteiger partial charge in [-0.25, -0.2) is 13.8 Å². The summed E-state index contributed by atoms with van der Waals surface area (Å²) in [6.45, 7) is 0. The normalized spacial score (nSPS) is 14.1. The van der Waals surface area contributed by atoms with Gasteiger partial charge in [-0.15, -0.1) is 4.68 Å². The third-order valence-electron chi connectivity index (χ3n) is 6.49. The first-order valence-electron chi connectivity index (χ1n) is 11.7. The third kappa shape index (κ3) is 4.53. The summed E-state index contributed by atoms with van der Waals surface area (Å²) in [6, 6.07) is 7.84. The molecule has 4 heterocycles. The molecule has 0 spiro atoms. The fourth-order valence-electron chi connectivity index (χ4n) is 4.40. The highest BCUT2D eigenvalue weighted by Gasteiger charge is 2.29. The Hall–Kier alpha value is -4.25. The number of anilines is 1. The number of nitrogen functional groups attached to an aromatic ring is 1. The molecule has 0 bridgehead atoms. The van der Waals surface area contributed by atoms with Gasteiger partial charge in [0.05, 0.1) is 28.5 Å². The number of hydrogen-bond donors (Lipinski definition) is 2. The van der Waals surface area contributed by atoms with Gasteiger partial charge in [-0.2, -0.15) is 5.10 Å². The van der Waals surface area contributed by atoms with Gasteiger partial charge in [0.15, 0.2) is 11.0 Å². The molecule has 1 saturated carbocycles. The van der Waals surface area contributed by atoms with Crippen LogP contribution in [-0.2, 0) is 0 Å². The van der Waals surface area contributed by atoms with E-state index in [-0.39, 0.29) is 22.4 Å². The van der Waals surface area contributed by atoms with Crippen LogP contribution in [0.25, 0.3) is 27.9 Å². The van der Waals surface area contributed by atoms with Crippen LogP contribution >= 0.6 is 11.6 Å². The van der Waals surface area contributed by atoms with Crippen LogP contribution in [-0.4, -0.2) is 35.3 Å². The fraction of sp³-hybridized carbons (Fsp3) is 0.200. The molecule has 0 saturated heterocycles. The highest BCUT2D eigenvalue weighted by atomic mass is 35.5. The van der Waals surface area contributed by atoms with Crippen molar-refractivity contribution in [3.8, 4) is 27.9 Å². The summed E-state index contributed by atoms with van der Waals surface area (Å²) in [7, 11) is 0. The van der Waals surface area contributed by atoms with Gasteiger partial charge in [-0.1, -0.05) is 35.7 Å². The molecule has 186 valence electrons. The Morgan fingerprint density at radius 2 is 1.97 bits per heavy atom. The molecule has 0 aliphatic heterocycles. The average molecular weight is 521 g/mol. The maximum absolute atomic E-state index is 15.2. The van der Waals surface area contributed by atoms with Crippen LogP contribution in [0.15, 0.2) is 61.4 Å². The SMILES string of the molecule is Nc1cc(F)c(-c2cnn(C(CC3CC3)c3ccc(-c4c(-[n+]5cnn[nH]5)ccc(Cl)c4F)cn3)c2)cn1. The minimum atomic E-state index is -0.568. The van der Waals surface area contributed by atoms with Crippen LogP contribution in [0.3, 0.4) is 0 Å². The first-order valence-corrected chi connectivity index (χ1v) is 12.0. The minimum absolute atomic E-state index is 0.00373. The molecule has 1 fully saturated rings. The minimum Gasteiger partial charge on any atom is -0.384 e. The second kappa shape index (κ2) is 9.32. The first kappa shape index (κ1) is 23.2. The van der Waals surface area contributed by atoms with E-state index in [1.165, 1.54) is 29.3 Å². The Balaban J connectivity index is 1.36. The van der Waals surface area contributed by atoms with Gasteiger partial charge in [0.25, 0.3) is 6.33 Å². The van der Waals surface area contributed by atoms with Crippen molar-refractivity contribution in [2.24, 2.45) is 5.92 Å². The van der Waals surface area contributed by atoms with Gasteiger partial charge >= 0.3 is 0 Å². The molecule has 1 unspecified atom stereocenters. The largest absolute Gasteiger partial charge is 0.384 e. The number of rotatable bonds is 7. The number of nitrogens with zero attached hydrogens (tertiary/aromatic N) is 7. The van der Waals surface area contributed by atoms with Crippen molar-refractivity contribution in [3.63, 3.8) is 0 Å². The lowest BCUT2D eigenvalue weighted by molar-refractivity contribution is -0.659. The van der Waals surface area contributed by atoms with Gasteiger partial charge in [-0.05, 0) is 30.5 Å². The molecular formula is C25H21ClF2N9+. The van der Waals surface area contributed by atoms with Crippen molar-refractivity contribution in [1.82, 2.24) is 35.3 Å². The number of nitrogens with one attached hydrogen (secondary N) is 1. The molecule has 5 aromatic rings. The van der Waals surface area contributed by atoms with E-state index >= 15 is 4.39 Å². The summed E-state index contributed by atoms with van der Waals surface area (Å²) >= 11 is 6.10. The summed E-state index contributed by atoms with van der Waals surface area (Å²) in [5, 5.41) is 14.7. The van der Waals surface area contributed by atoms with E-state index in [2.05, 4.69) is 25.6 Å². The summed E-state index contributed by atoms with van der Waals surface area (Å²) in [4.78, 5) is 8.69. The van der Waals surface area contributed by atoms with Crippen molar-refractivity contribution in [3.05, 3.63) is 83.8 Å². The molecule has 4 aromatic heterocycles. The Kier molecular flexibility index (Phi) is 5.84. The number of pyridine rings is 2. The number of nitrogens with two attached hydrogens (primary N) is 1. The average Bonchev–Trinajstić information content (AvgIpc) is 3.33. The van der Waals surface area contributed by atoms with Gasteiger partial charge in [0.1, 0.15) is 22.4 Å². The Labute approximate surface area is 214 Å². The summed E-state index contributed by atoms with van der Waals surface area (Å²) in [6.07, 6.45) is 11.0. The van der Waals surface area contributed by atoms with Crippen LogP contribution in [0.1, 0.15) is 31.0 Å². The van der Waals surface area contributed by atoms with E-state index in [0.29, 0.717) is 28.3 Å². The Bertz CT molecular complexity index is 1560. The standard InChI is InChI=1S/C25H20ClF2N9/c26-18-4-6-21(37-13-32-34-35-37)24(25(18)28)15-3-5-20(30-9-15)22(7-14-1-2-14)36-12-16(10-33-36)17-11-31-23(29)8-19(17)27/h3-6,8-14,22H,1-2,7H2,(H2,29,31)/p+1. The molecule has 3 N–H and O–H groups in total. The van der Waals surface area contributed by atoms with E-state index in [1.807, 2.05) is 6.07 Å². The van der Waals surface area contributed by atoms with E-state index < -0.39 is 11.6 Å². The Morgan fingerprint density at radius 1 is 1.11 bits per heavy atom. The maximum Gasteiger partial charge on any atom is 0.293 e. The van der Waals surface area contributed by atoms with Gasteiger partial charge < -0.3 is 5.73 Å². The maximum atomic E-state index is 15.2. The number of tetrazole rings is 1. The molecule has 6 rings (SSSR count). The fourth-order valence-corrected chi connectivity index (χ4v) is 4.56. The molecule has 1 atom stereocenters. The quantitative estimate of drug-likeness (QED) is 0.309. The summed E-state index contributed by atoms with van der Waals surface area (Å²) < 4.78 is 32.9. The molecule has 1 aliphatic carbocycles. The first-order chi connectivity index (χ1) is 18.0. The van der Waals surface area contributed by atoms with E-state index in [1.54, 1.807) is 35.4 Å². The number of hydrogen-bond acceptors (Lipinski definition) is 6. The Morgan fingerprint density at radius 3 is 2.68 bits per heavy atom. The number of H-pyrrole nitrogens is 1. The van der Waals surface area contributed by atoms with Gasteiger partial charge in [0, 0.05) is 41.3 Å². The van der Waals surface area contributed by atoms with Gasteiger partial charge in [0.2, 0.25) is 0 Å².